The Kier molecular flexibility index (Phi) is 6.65. The van der Waals surface area contributed by atoms with Crippen LogP contribution in [0.25, 0.3) is 6.08 Å². The standard InChI is InChI=1S/C25H22N2O6S/c28-21-10-8-20(9-11-21)26-24(29)17-33-25(30)14-7-18-5-12-22(13-6-18)34(31,32)27-16-15-19-3-1-2-4-23(19)27/h1-14,28H,15-17H2,(H,26,29)/b14-7+. The first-order valence-corrected chi connectivity index (χ1v) is 11.9. The van der Waals surface area contributed by atoms with Crippen molar-refractivity contribution in [3.05, 3.63) is 90.0 Å². The van der Waals surface area contributed by atoms with E-state index in [0.29, 0.717) is 29.9 Å². The first kappa shape index (κ1) is 23.1. The van der Waals surface area contributed by atoms with Crippen LogP contribution in [0.3, 0.4) is 0 Å². The van der Waals surface area contributed by atoms with Gasteiger partial charge in [-0.3, -0.25) is 9.10 Å². The number of benzene rings is 3. The number of hydrogen-bond donors (Lipinski definition) is 2. The molecule has 174 valence electrons. The summed E-state index contributed by atoms with van der Waals surface area (Å²) >= 11 is 0. The van der Waals surface area contributed by atoms with Crippen LogP contribution in [-0.2, 0) is 30.8 Å². The number of phenolic OH excluding ortho intramolecular Hbond substituents is 1. The normalized spacial score (nSPS) is 13.0. The molecule has 3 aromatic rings. The van der Waals surface area contributed by atoms with Gasteiger partial charge in [0.1, 0.15) is 5.75 Å². The van der Waals surface area contributed by atoms with Crippen LogP contribution in [0.1, 0.15) is 11.1 Å². The molecule has 3 aromatic carbocycles. The average molecular weight is 479 g/mol. The number of aromatic hydroxyl groups is 1. The van der Waals surface area contributed by atoms with Crippen LogP contribution < -0.4 is 9.62 Å². The second kappa shape index (κ2) is 9.80. The molecule has 1 heterocycles. The van der Waals surface area contributed by atoms with Gasteiger partial charge in [-0.25, -0.2) is 13.2 Å². The second-order valence-corrected chi connectivity index (χ2v) is 9.42. The van der Waals surface area contributed by atoms with Gasteiger partial charge in [-0.15, -0.1) is 0 Å². The Morgan fingerprint density at radius 2 is 1.71 bits per heavy atom. The molecule has 0 saturated heterocycles. The van der Waals surface area contributed by atoms with Crippen molar-refractivity contribution in [3.8, 4) is 5.75 Å². The number of anilines is 2. The monoisotopic (exact) mass is 478 g/mol. The quantitative estimate of drug-likeness (QED) is 0.306. The molecule has 0 unspecified atom stereocenters. The smallest absolute Gasteiger partial charge is 0.331 e. The molecular weight excluding hydrogens is 456 g/mol. The molecule has 0 aromatic heterocycles. The maximum atomic E-state index is 13.1. The Hall–Kier alpha value is -4.11. The molecule has 8 nitrogen and oxygen atoms in total. The number of carbonyl (C=O) groups is 2. The summed E-state index contributed by atoms with van der Waals surface area (Å²) < 4.78 is 32.4. The van der Waals surface area contributed by atoms with E-state index in [1.165, 1.54) is 46.8 Å². The highest BCUT2D eigenvalue weighted by molar-refractivity contribution is 7.92. The molecule has 0 bridgehead atoms. The molecule has 1 aliphatic heterocycles. The predicted octanol–water partition coefficient (Wildman–Crippen LogP) is 3.34. The highest BCUT2D eigenvalue weighted by atomic mass is 32.2. The van der Waals surface area contributed by atoms with E-state index in [1.807, 2.05) is 18.2 Å². The number of nitrogens with zero attached hydrogens (tertiary/aromatic N) is 1. The fourth-order valence-corrected chi connectivity index (χ4v) is 5.03. The number of hydrogen-bond acceptors (Lipinski definition) is 6. The van der Waals surface area contributed by atoms with Gasteiger partial charge >= 0.3 is 5.97 Å². The van der Waals surface area contributed by atoms with Gasteiger partial charge in [0.15, 0.2) is 6.61 Å². The maximum Gasteiger partial charge on any atom is 0.331 e. The van der Waals surface area contributed by atoms with Crippen LogP contribution in [0.15, 0.2) is 83.8 Å². The number of phenols is 1. The third kappa shape index (κ3) is 5.26. The minimum Gasteiger partial charge on any atom is -0.508 e. The summed E-state index contributed by atoms with van der Waals surface area (Å²) in [5, 5.41) is 11.8. The van der Waals surface area contributed by atoms with E-state index in [-0.39, 0.29) is 10.6 Å². The van der Waals surface area contributed by atoms with E-state index in [4.69, 9.17) is 4.74 Å². The number of carbonyl (C=O) groups excluding carboxylic acids is 2. The van der Waals surface area contributed by atoms with E-state index >= 15 is 0 Å². The summed E-state index contributed by atoms with van der Waals surface area (Å²) in [6.45, 7) is -0.0754. The van der Waals surface area contributed by atoms with Crippen LogP contribution in [0.4, 0.5) is 11.4 Å². The summed E-state index contributed by atoms with van der Waals surface area (Å²) in [5.41, 5.74) is 2.76. The number of esters is 1. The van der Waals surface area contributed by atoms with Crippen molar-refractivity contribution >= 4 is 39.4 Å². The van der Waals surface area contributed by atoms with E-state index in [1.54, 1.807) is 18.2 Å². The molecular formula is C25H22N2O6S. The van der Waals surface area contributed by atoms with Gasteiger partial charge < -0.3 is 15.2 Å². The van der Waals surface area contributed by atoms with Gasteiger partial charge in [0.25, 0.3) is 15.9 Å². The number of para-hydroxylation sites is 1. The highest BCUT2D eigenvalue weighted by Crippen LogP contribution is 2.32. The number of fused-ring (bicyclic) bond motifs is 1. The van der Waals surface area contributed by atoms with Gasteiger partial charge in [-0.05, 0) is 66.1 Å². The van der Waals surface area contributed by atoms with Crippen molar-refractivity contribution < 1.29 is 27.9 Å². The highest BCUT2D eigenvalue weighted by Gasteiger charge is 2.30. The number of sulfonamides is 1. The lowest BCUT2D eigenvalue weighted by Gasteiger charge is -2.19. The SMILES string of the molecule is O=C(COC(=O)/C=C/c1ccc(S(=O)(=O)N2CCc3ccccc32)cc1)Nc1ccc(O)cc1. The molecule has 0 atom stereocenters. The van der Waals surface area contributed by atoms with Crippen molar-refractivity contribution in [1.29, 1.82) is 0 Å². The maximum absolute atomic E-state index is 13.1. The number of rotatable bonds is 7. The molecule has 9 heteroatoms. The molecule has 1 amide bonds. The summed E-state index contributed by atoms with van der Waals surface area (Å²) in [7, 11) is -3.69. The third-order valence-electron chi connectivity index (χ3n) is 5.22. The van der Waals surface area contributed by atoms with Crippen molar-refractivity contribution in [1.82, 2.24) is 0 Å². The van der Waals surface area contributed by atoms with Crippen LogP contribution in [0.5, 0.6) is 5.75 Å². The Morgan fingerprint density at radius 3 is 2.44 bits per heavy atom. The van der Waals surface area contributed by atoms with E-state index < -0.39 is 28.5 Å². The van der Waals surface area contributed by atoms with Crippen molar-refractivity contribution in [3.63, 3.8) is 0 Å². The Morgan fingerprint density at radius 1 is 1.00 bits per heavy atom. The van der Waals surface area contributed by atoms with Crippen molar-refractivity contribution in [2.24, 2.45) is 0 Å². The molecule has 0 saturated carbocycles. The molecule has 34 heavy (non-hydrogen) atoms. The van der Waals surface area contributed by atoms with Crippen LogP contribution in [0, 0.1) is 0 Å². The Balaban J connectivity index is 1.32. The first-order valence-electron chi connectivity index (χ1n) is 10.5. The fourth-order valence-electron chi connectivity index (χ4n) is 3.53. The van der Waals surface area contributed by atoms with Gasteiger partial charge in [-0.1, -0.05) is 30.3 Å². The molecule has 1 aliphatic rings. The molecule has 4 rings (SSSR count). The second-order valence-electron chi connectivity index (χ2n) is 7.56. The molecule has 2 N–H and O–H groups in total. The zero-order valence-corrected chi connectivity index (χ0v) is 18.9. The topological polar surface area (TPSA) is 113 Å². The summed E-state index contributed by atoms with van der Waals surface area (Å²) in [4.78, 5) is 23.9. The Labute approximate surface area is 197 Å². The average Bonchev–Trinajstić information content (AvgIpc) is 3.28. The molecule has 0 radical (unpaired) electrons. The molecule has 0 spiro atoms. The number of ether oxygens (including phenoxy) is 1. The largest absolute Gasteiger partial charge is 0.508 e. The van der Waals surface area contributed by atoms with Crippen molar-refractivity contribution in [2.45, 2.75) is 11.3 Å². The predicted molar refractivity (Wildman–Crippen MR) is 128 cm³/mol. The third-order valence-corrected chi connectivity index (χ3v) is 7.05. The van der Waals surface area contributed by atoms with Gasteiger partial charge in [0, 0.05) is 18.3 Å². The minimum absolute atomic E-state index is 0.0709. The minimum atomic E-state index is -3.69. The lowest BCUT2D eigenvalue weighted by Crippen LogP contribution is -2.29. The van der Waals surface area contributed by atoms with E-state index in [2.05, 4.69) is 5.32 Å². The van der Waals surface area contributed by atoms with Crippen LogP contribution in [0.2, 0.25) is 0 Å². The summed E-state index contributed by atoms with van der Waals surface area (Å²) in [5.74, 6) is -1.17. The van der Waals surface area contributed by atoms with E-state index in [0.717, 1.165) is 11.6 Å². The lowest BCUT2D eigenvalue weighted by molar-refractivity contribution is -0.142. The summed E-state index contributed by atoms with van der Waals surface area (Å²) in [6, 6.07) is 19.5. The van der Waals surface area contributed by atoms with Crippen molar-refractivity contribution in [2.75, 3.05) is 22.8 Å². The number of nitrogens with one attached hydrogen (secondary N) is 1. The van der Waals surface area contributed by atoms with Crippen LogP contribution in [-0.4, -0.2) is 38.6 Å². The van der Waals surface area contributed by atoms with E-state index in [9.17, 15) is 23.1 Å². The molecule has 0 aliphatic carbocycles. The van der Waals surface area contributed by atoms with Gasteiger partial charge in [-0.2, -0.15) is 0 Å². The first-order chi connectivity index (χ1) is 16.3. The van der Waals surface area contributed by atoms with Gasteiger partial charge in [0.05, 0.1) is 10.6 Å². The van der Waals surface area contributed by atoms with Gasteiger partial charge in [0.2, 0.25) is 0 Å². The fraction of sp³-hybridized carbons (Fsp3) is 0.120. The number of amides is 1. The zero-order chi connectivity index (χ0) is 24.1. The lowest BCUT2D eigenvalue weighted by atomic mass is 10.2. The zero-order valence-electron chi connectivity index (χ0n) is 18.0. The Bertz CT molecular complexity index is 1330. The summed E-state index contributed by atoms with van der Waals surface area (Å²) in [6.07, 6.45) is 3.31. The van der Waals surface area contributed by atoms with Crippen LogP contribution >= 0.6 is 0 Å². The molecule has 0 fully saturated rings.